The lowest BCUT2D eigenvalue weighted by Crippen LogP contribution is -2.18. The molecule has 0 N–H and O–H groups in total. The highest BCUT2D eigenvalue weighted by atomic mass is 19.4. The van der Waals surface area contributed by atoms with Crippen molar-refractivity contribution in [3.05, 3.63) is 48.0 Å². The van der Waals surface area contributed by atoms with Crippen LogP contribution in [0.1, 0.15) is 10.4 Å². The molecule has 86 valence electrons. The van der Waals surface area contributed by atoms with Gasteiger partial charge in [0.05, 0.1) is 5.56 Å². The van der Waals surface area contributed by atoms with Gasteiger partial charge in [0.25, 0.3) is 0 Å². The van der Waals surface area contributed by atoms with Gasteiger partial charge in [-0.1, -0.05) is 18.2 Å². The Morgan fingerprint density at radius 1 is 1.19 bits per heavy atom. The number of esters is 1. The van der Waals surface area contributed by atoms with E-state index in [2.05, 4.69) is 4.74 Å². The molecule has 0 radical (unpaired) electrons. The molecular weight excluding hydrogens is 228 g/mol. The summed E-state index contributed by atoms with van der Waals surface area (Å²) < 4.78 is 51.8. The Hall–Kier alpha value is -1.85. The van der Waals surface area contributed by atoms with Crippen molar-refractivity contribution in [3.63, 3.8) is 0 Å². The molecule has 0 saturated carbocycles. The third-order valence-corrected chi connectivity index (χ3v) is 1.59. The van der Waals surface area contributed by atoms with Crippen molar-refractivity contribution in [1.29, 1.82) is 0 Å². The van der Waals surface area contributed by atoms with Crippen molar-refractivity contribution in [2.24, 2.45) is 0 Å². The molecule has 0 aliphatic carbocycles. The van der Waals surface area contributed by atoms with Crippen molar-refractivity contribution >= 4 is 5.97 Å². The second-order valence-electron chi connectivity index (χ2n) is 2.73. The molecule has 2 nitrogen and oxygen atoms in total. The topological polar surface area (TPSA) is 26.3 Å². The lowest BCUT2D eigenvalue weighted by molar-refractivity contribution is -0.124. The highest BCUT2D eigenvalue weighted by Crippen LogP contribution is 2.27. The van der Waals surface area contributed by atoms with Gasteiger partial charge in [-0.25, -0.2) is 9.18 Å². The number of hydrogen-bond donors (Lipinski definition) is 0. The van der Waals surface area contributed by atoms with Gasteiger partial charge in [0, 0.05) is 0 Å². The quantitative estimate of drug-likeness (QED) is 0.446. The second kappa shape index (κ2) is 4.78. The number of hydrogen-bond acceptors (Lipinski definition) is 2. The molecule has 6 heteroatoms. The Bertz CT molecular complexity index is 395. The van der Waals surface area contributed by atoms with Crippen LogP contribution in [-0.4, -0.2) is 12.1 Å². The average molecular weight is 234 g/mol. The first-order valence-electron chi connectivity index (χ1n) is 4.10. The zero-order chi connectivity index (χ0) is 12.2. The lowest BCUT2D eigenvalue weighted by Gasteiger charge is -2.09. The van der Waals surface area contributed by atoms with Crippen molar-refractivity contribution < 1.29 is 27.1 Å². The summed E-state index contributed by atoms with van der Waals surface area (Å²) in [5.74, 6) is -3.23. The zero-order valence-electron chi connectivity index (χ0n) is 7.79. The molecule has 0 unspecified atom stereocenters. The minimum atomic E-state index is -5.03. The van der Waals surface area contributed by atoms with E-state index in [1.807, 2.05) is 0 Å². The molecule has 0 fully saturated rings. The Morgan fingerprint density at radius 3 is 2.19 bits per heavy atom. The van der Waals surface area contributed by atoms with Gasteiger partial charge < -0.3 is 4.74 Å². The molecule has 1 aromatic carbocycles. The fraction of sp³-hybridized carbons (Fsp3) is 0.100. The Balaban J connectivity index is 2.80. The van der Waals surface area contributed by atoms with Crippen LogP contribution in [-0.2, 0) is 4.74 Å². The average Bonchev–Trinajstić information content (AvgIpc) is 2.25. The highest BCUT2D eigenvalue weighted by molar-refractivity contribution is 5.90. The maximum atomic E-state index is 12.0. The number of carbonyl (C=O) groups is 1. The van der Waals surface area contributed by atoms with E-state index in [4.69, 9.17) is 0 Å². The van der Waals surface area contributed by atoms with Gasteiger partial charge in [-0.2, -0.15) is 13.2 Å². The molecule has 0 atom stereocenters. The molecule has 0 spiro atoms. The number of benzene rings is 1. The van der Waals surface area contributed by atoms with Crippen LogP contribution in [0.3, 0.4) is 0 Å². The Kier molecular flexibility index (Phi) is 3.65. The number of rotatable bonds is 2. The number of alkyl halides is 3. The van der Waals surface area contributed by atoms with Crippen LogP contribution in [0.15, 0.2) is 42.4 Å². The largest absolute Gasteiger partial charge is 0.452 e. The summed E-state index contributed by atoms with van der Waals surface area (Å²) in [6.07, 6.45) is -5.82. The molecule has 0 aromatic heterocycles. The first-order valence-corrected chi connectivity index (χ1v) is 4.10. The zero-order valence-corrected chi connectivity index (χ0v) is 7.79. The molecular formula is C10H6F4O2. The molecule has 1 aromatic rings. The van der Waals surface area contributed by atoms with Crippen molar-refractivity contribution in [3.8, 4) is 0 Å². The van der Waals surface area contributed by atoms with Gasteiger partial charge in [-0.3, -0.25) is 0 Å². The van der Waals surface area contributed by atoms with Gasteiger partial charge in [0.1, 0.15) is 6.33 Å². The Morgan fingerprint density at radius 2 is 1.75 bits per heavy atom. The molecule has 0 heterocycles. The van der Waals surface area contributed by atoms with E-state index in [9.17, 15) is 22.4 Å². The van der Waals surface area contributed by atoms with Crippen LogP contribution in [0.2, 0.25) is 0 Å². The summed E-state index contributed by atoms with van der Waals surface area (Å²) in [5.41, 5.74) is -0.0916. The standard InChI is InChI=1S/C10H6F4O2/c11-6-8(10(12,13)14)16-9(15)7-4-2-1-3-5-7/h1-6H/b8-6-. The molecule has 1 rings (SSSR count). The predicted octanol–water partition coefficient (Wildman–Crippen LogP) is 3.22. The lowest BCUT2D eigenvalue weighted by atomic mass is 10.2. The smallest absolute Gasteiger partial charge is 0.415 e. The van der Waals surface area contributed by atoms with E-state index in [0.29, 0.717) is 0 Å². The van der Waals surface area contributed by atoms with Gasteiger partial charge in [0.2, 0.25) is 5.76 Å². The SMILES string of the molecule is O=C(O/C(=C\F)C(F)(F)F)c1ccccc1. The first kappa shape index (κ1) is 12.2. The van der Waals surface area contributed by atoms with Gasteiger partial charge in [-0.15, -0.1) is 0 Å². The van der Waals surface area contributed by atoms with Gasteiger partial charge in [-0.05, 0) is 12.1 Å². The third-order valence-electron chi connectivity index (χ3n) is 1.59. The molecule has 0 aliphatic rings. The van der Waals surface area contributed by atoms with Gasteiger partial charge >= 0.3 is 12.1 Å². The molecule has 0 bridgehead atoms. The van der Waals surface area contributed by atoms with Crippen molar-refractivity contribution in [1.82, 2.24) is 0 Å². The van der Waals surface area contributed by atoms with Crippen molar-refractivity contribution in [2.75, 3.05) is 0 Å². The van der Waals surface area contributed by atoms with Gasteiger partial charge in [0.15, 0.2) is 0 Å². The minimum absolute atomic E-state index is 0.0916. The third kappa shape index (κ3) is 3.08. The summed E-state index contributed by atoms with van der Waals surface area (Å²) >= 11 is 0. The summed E-state index contributed by atoms with van der Waals surface area (Å²) in [7, 11) is 0. The molecule has 0 amide bonds. The van der Waals surface area contributed by atoms with E-state index in [-0.39, 0.29) is 5.56 Å². The normalized spacial score (nSPS) is 12.4. The van der Waals surface area contributed by atoms with Crippen LogP contribution in [0, 0.1) is 0 Å². The van der Waals surface area contributed by atoms with Crippen LogP contribution in [0.25, 0.3) is 0 Å². The fourth-order valence-electron chi connectivity index (χ4n) is 0.875. The van der Waals surface area contributed by atoms with Crippen LogP contribution in [0.5, 0.6) is 0 Å². The maximum Gasteiger partial charge on any atom is 0.452 e. The maximum absolute atomic E-state index is 12.0. The molecule has 0 aliphatic heterocycles. The second-order valence-corrected chi connectivity index (χ2v) is 2.73. The summed E-state index contributed by atoms with van der Waals surface area (Å²) in [5, 5.41) is 0. The minimum Gasteiger partial charge on any atom is -0.415 e. The molecule has 16 heavy (non-hydrogen) atoms. The predicted molar refractivity (Wildman–Crippen MR) is 47.1 cm³/mol. The fourth-order valence-corrected chi connectivity index (χ4v) is 0.875. The van der Waals surface area contributed by atoms with Crippen LogP contribution < -0.4 is 0 Å². The number of allylic oxidation sites excluding steroid dienone is 1. The summed E-state index contributed by atoms with van der Waals surface area (Å²) in [4.78, 5) is 11.1. The number of halogens is 4. The highest BCUT2D eigenvalue weighted by Gasteiger charge is 2.38. The first-order chi connectivity index (χ1) is 7.45. The van der Waals surface area contributed by atoms with Crippen LogP contribution >= 0.6 is 0 Å². The van der Waals surface area contributed by atoms with Crippen molar-refractivity contribution in [2.45, 2.75) is 6.18 Å². The summed E-state index contributed by atoms with van der Waals surface area (Å²) in [6, 6.07) is 6.99. The van der Waals surface area contributed by atoms with E-state index in [0.717, 1.165) is 0 Å². The Labute approximate surface area is 88.1 Å². The van der Waals surface area contributed by atoms with E-state index < -0.39 is 24.2 Å². The van der Waals surface area contributed by atoms with Crippen LogP contribution in [0.4, 0.5) is 17.6 Å². The van der Waals surface area contributed by atoms with E-state index >= 15 is 0 Å². The van der Waals surface area contributed by atoms with E-state index in [1.165, 1.54) is 24.3 Å². The monoisotopic (exact) mass is 234 g/mol. The summed E-state index contributed by atoms with van der Waals surface area (Å²) in [6.45, 7) is 0. The number of ether oxygens (including phenoxy) is 1. The molecule has 0 saturated heterocycles. The van der Waals surface area contributed by atoms with E-state index in [1.54, 1.807) is 6.07 Å². The number of carbonyl (C=O) groups excluding carboxylic acids is 1.